The molecule has 2 aromatic carbocycles. The van der Waals surface area contributed by atoms with Crippen LogP contribution in [0, 0.1) is 17.6 Å². The molecular formula is C22H19ClF2N2O4. The Kier molecular flexibility index (Phi) is 6.20. The molecule has 0 bridgehead atoms. The van der Waals surface area contributed by atoms with Crippen molar-refractivity contribution in [2.45, 2.75) is 18.9 Å². The quantitative estimate of drug-likeness (QED) is 0.535. The van der Waals surface area contributed by atoms with E-state index in [1.165, 1.54) is 6.07 Å². The van der Waals surface area contributed by atoms with Crippen molar-refractivity contribution in [2.24, 2.45) is 5.92 Å². The molecule has 0 aliphatic carbocycles. The summed E-state index contributed by atoms with van der Waals surface area (Å²) in [5.74, 6) is -1.94. The first kappa shape index (κ1) is 21.3. The molecule has 0 spiro atoms. The van der Waals surface area contributed by atoms with Gasteiger partial charge in [0.15, 0.2) is 5.76 Å². The Morgan fingerprint density at radius 1 is 1.23 bits per heavy atom. The standard InChI is InChI=1S/C22H19ClF2N2O4/c23-21-18(25)6-5-17(24)20(21)19-9-14(31-27-19)11-30-13-3-1-12(2-4-13)15-7-8-26-10-16(15)22(28)29/h1-6,9,15-16,26H,7-8,10-11H2,(H,28,29)/t15?,16-/m1/s1. The molecule has 2 heterocycles. The van der Waals surface area contributed by atoms with Gasteiger partial charge >= 0.3 is 5.97 Å². The number of carboxylic acids is 1. The maximum absolute atomic E-state index is 14.0. The maximum Gasteiger partial charge on any atom is 0.308 e. The Labute approximate surface area is 181 Å². The van der Waals surface area contributed by atoms with Gasteiger partial charge in [-0.25, -0.2) is 8.78 Å². The number of benzene rings is 2. The second-order valence-corrected chi connectivity index (χ2v) is 7.68. The van der Waals surface area contributed by atoms with E-state index in [1.807, 2.05) is 12.1 Å². The lowest BCUT2D eigenvalue weighted by atomic mass is 9.81. The summed E-state index contributed by atoms with van der Waals surface area (Å²) in [6, 6.07) is 10.6. The summed E-state index contributed by atoms with van der Waals surface area (Å²) >= 11 is 5.86. The van der Waals surface area contributed by atoms with Crippen LogP contribution >= 0.6 is 11.6 Å². The minimum absolute atomic E-state index is 0.0198. The molecule has 0 radical (unpaired) electrons. The van der Waals surface area contributed by atoms with Crippen LogP contribution in [0.1, 0.15) is 23.7 Å². The van der Waals surface area contributed by atoms with Crippen LogP contribution in [0.25, 0.3) is 11.3 Å². The van der Waals surface area contributed by atoms with E-state index in [0.29, 0.717) is 18.1 Å². The number of carboxylic acid groups (broad SMARTS) is 1. The van der Waals surface area contributed by atoms with Gasteiger partial charge in [-0.3, -0.25) is 4.79 Å². The largest absolute Gasteiger partial charge is 0.486 e. The van der Waals surface area contributed by atoms with Crippen LogP contribution < -0.4 is 10.1 Å². The number of aliphatic carboxylic acids is 1. The van der Waals surface area contributed by atoms with Crippen molar-refractivity contribution >= 4 is 17.6 Å². The lowest BCUT2D eigenvalue weighted by molar-refractivity contribution is -0.142. The van der Waals surface area contributed by atoms with Crippen LogP contribution in [0.4, 0.5) is 8.78 Å². The predicted molar refractivity (Wildman–Crippen MR) is 109 cm³/mol. The van der Waals surface area contributed by atoms with E-state index in [0.717, 1.165) is 30.7 Å². The number of hydrogen-bond acceptors (Lipinski definition) is 5. The SMILES string of the molecule is O=C(O)[C@@H]1CNCCC1c1ccc(OCc2cc(-c3c(F)ccc(F)c3Cl)no2)cc1. The molecule has 1 fully saturated rings. The monoisotopic (exact) mass is 448 g/mol. The third-order valence-electron chi connectivity index (χ3n) is 5.35. The minimum atomic E-state index is -0.812. The molecule has 1 unspecified atom stereocenters. The molecular weight excluding hydrogens is 430 g/mol. The van der Waals surface area contributed by atoms with Gasteiger partial charge in [0.1, 0.15) is 29.7 Å². The molecule has 4 rings (SSSR count). The van der Waals surface area contributed by atoms with Crippen molar-refractivity contribution in [3.8, 4) is 17.0 Å². The van der Waals surface area contributed by atoms with Crippen LogP contribution in [0.3, 0.4) is 0 Å². The van der Waals surface area contributed by atoms with Gasteiger partial charge in [-0.1, -0.05) is 28.9 Å². The molecule has 3 aromatic rings. The lowest BCUT2D eigenvalue weighted by Crippen LogP contribution is -2.39. The van der Waals surface area contributed by atoms with Gasteiger partial charge in [0, 0.05) is 12.6 Å². The zero-order chi connectivity index (χ0) is 22.0. The Morgan fingerprint density at radius 3 is 2.71 bits per heavy atom. The average Bonchev–Trinajstić information content (AvgIpc) is 3.24. The number of rotatable bonds is 6. The van der Waals surface area contributed by atoms with Crippen LogP contribution in [0.2, 0.25) is 5.02 Å². The first-order valence-corrected chi connectivity index (χ1v) is 10.1. The summed E-state index contributed by atoms with van der Waals surface area (Å²) in [6.07, 6.45) is 0.747. The Bertz CT molecular complexity index is 1090. The third kappa shape index (κ3) is 4.55. The Hall–Kier alpha value is -2.97. The molecule has 1 aliphatic heterocycles. The third-order valence-corrected chi connectivity index (χ3v) is 5.72. The Balaban J connectivity index is 1.43. The highest BCUT2D eigenvalue weighted by molar-refractivity contribution is 6.33. The van der Waals surface area contributed by atoms with Gasteiger partial charge in [0.25, 0.3) is 0 Å². The van der Waals surface area contributed by atoms with E-state index in [2.05, 4.69) is 10.5 Å². The van der Waals surface area contributed by atoms with Crippen LogP contribution in [0.5, 0.6) is 5.75 Å². The van der Waals surface area contributed by atoms with E-state index in [4.69, 9.17) is 20.9 Å². The van der Waals surface area contributed by atoms with Gasteiger partial charge in [-0.2, -0.15) is 0 Å². The number of carbonyl (C=O) groups is 1. The summed E-state index contributed by atoms with van der Waals surface area (Å²) in [7, 11) is 0. The lowest BCUT2D eigenvalue weighted by Gasteiger charge is -2.29. The van der Waals surface area contributed by atoms with Crippen molar-refractivity contribution < 1.29 is 27.9 Å². The highest BCUT2D eigenvalue weighted by Crippen LogP contribution is 2.33. The highest BCUT2D eigenvalue weighted by atomic mass is 35.5. The smallest absolute Gasteiger partial charge is 0.308 e. The average molecular weight is 449 g/mol. The summed E-state index contributed by atoms with van der Waals surface area (Å²) in [5.41, 5.74) is 0.844. The molecule has 1 aromatic heterocycles. The van der Waals surface area contributed by atoms with Gasteiger partial charge in [0.05, 0.1) is 16.5 Å². The number of ether oxygens (including phenoxy) is 1. The minimum Gasteiger partial charge on any atom is -0.486 e. The molecule has 1 aliphatic rings. The summed E-state index contributed by atoms with van der Waals surface area (Å²) in [4.78, 5) is 11.5. The molecule has 6 nitrogen and oxygen atoms in total. The summed E-state index contributed by atoms with van der Waals surface area (Å²) in [6.45, 7) is 1.24. The fourth-order valence-corrected chi connectivity index (χ4v) is 3.99. The normalized spacial score (nSPS) is 18.7. The summed E-state index contributed by atoms with van der Waals surface area (Å²) in [5, 5.41) is 15.9. The van der Waals surface area contributed by atoms with E-state index in [9.17, 15) is 18.7 Å². The van der Waals surface area contributed by atoms with E-state index >= 15 is 0 Å². The zero-order valence-electron chi connectivity index (χ0n) is 16.3. The van der Waals surface area contributed by atoms with Crippen molar-refractivity contribution in [1.29, 1.82) is 0 Å². The number of nitrogens with one attached hydrogen (secondary N) is 1. The molecule has 9 heteroatoms. The molecule has 0 amide bonds. The Morgan fingerprint density at radius 2 is 1.97 bits per heavy atom. The first-order valence-electron chi connectivity index (χ1n) is 9.70. The number of halogens is 3. The fraction of sp³-hybridized carbons (Fsp3) is 0.273. The van der Waals surface area contributed by atoms with Gasteiger partial charge < -0.3 is 19.7 Å². The van der Waals surface area contributed by atoms with E-state index in [1.54, 1.807) is 12.1 Å². The second kappa shape index (κ2) is 9.03. The first-order chi connectivity index (χ1) is 14.9. The van der Waals surface area contributed by atoms with Gasteiger partial charge in [-0.05, 0) is 48.7 Å². The number of nitrogens with zero attached hydrogens (tertiary/aromatic N) is 1. The zero-order valence-corrected chi connectivity index (χ0v) is 17.0. The maximum atomic E-state index is 14.0. The van der Waals surface area contributed by atoms with Crippen molar-refractivity contribution in [2.75, 3.05) is 13.1 Å². The highest BCUT2D eigenvalue weighted by Gasteiger charge is 2.31. The molecule has 1 saturated heterocycles. The number of piperidine rings is 1. The van der Waals surface area contributed by atoms with Gasteiger partial charge in [-0.15, -0.1) is 0 Å². The van der Waals surface area contributed by atoms with Crippen molar-refractivity contribution in [3.63, 3.8) is 0 Å². The molecule has 2 atom stereocenters. The van der Waals surface area contributed by atoms with Crippen LogP contribution in [-0.2, 0) is 11.4 Å². The van der Waals surface area contributed by atoms with E-state index < -0.39 is 23.5 Å². The van der Waals surface area contributed by atoms with Gasteiger partial charge in [0.2, 0.25) is 0 Å². The second-order valence-electron chi connectivity index (χ2n) is 7.30. The fourth-order valence-electron chi connectivity index (χ4n) is 3.74. The topological polar surface area (TPSA) is 84.6 Å². The van der Waals surface area contributed by atoms with Crippen molar-refractivity contribution in [1.82, 2.24) is 10.5 Å². The predicted octanol–water partition coefficient (Wildman–Crippen LogP) is 4.63. The van der Waals surface area contributed by atoms with E-state index in [-0.39, 0.29) is 28.8 Å². The molecule has 0 saturated carbocycles. The number of hydrogen-bond donors (Lipinski definition) is 2. The molecule has 162 valence electrons. The molecule has 31 heavy (non-hydrogen) atoms. The summed E-state index contributed by atoms with van der Waals surface area (Å²) < 4.78 is 38.5. The van der Waals surface area contributed by atoms with Crippen LogP contribution in [0.15, 0.2) is 47.0 Å². The van der Waals surface area contributed by atoms with Crippen molar-refractivity contribution in [3.05, 3.63) is 70.4 Å². The number of aromatic nitrogens is 1. The van der Waals surface area contributed by atoms with Crippen LogP contribution in [-0.4, -0.2) is 29.3 Å². The molecule has 2 N–H and O–H groups in total.